The molecule has 0 unspecified atom stereocenters. The molecule has 0 spiro atoms. The van der Waals surface area contributed by atoms with Crippen molar-refractivity contribution in [2.24, 2.45) is 4.40 Å². The van der Waals surface area contributed by atoms with Crippen LogP contribution in [0.5, 0.6) is 0 Å². The first kappa shape index (κ1) is 17.2. The van der Waals surface area contributed by atoms with Crippen molar-refractivity contribution < 1.29 is 17.6 Å². The molecule has 3 rings (SSSR count). The summed E-state index contributed by atoms with van der Waals surface area (Å²) >= 11 is 0. The van der Waals surface area contributed by atoms with Gasteiger partial charge in [-0.25, -0.2) is 0 Å². The molecule has 0 aliphatic carbocycles. The van der Waals surface area contributed by atoms with Gasteiger partial charge >= 0.3 is 0 Å². The number of amidine groups is 1. The maximum atomic E-state index is 12.4. The predicted molar refractivity (Wildman–Crippen MR) is 94.3 cm³/mol. The lowest BCUT2D eigenvalue weighted by molar-refractivity contribution is 0.0996. The second-order valence-corrected chi connectivity index (χ2v) is 7.52. The molecule has 2 heterocycles. The lowest BCUT2D eigenvalue weighted by Gasteiger charge is -2.11. The number of sulfonamides is 1. The summed E-state index contributed by atoms with van der Waals surface area (Å²) in [5, 5.41) is 2.67. The number of furan rings is 1. The molecular weight excluding hydrogens is 342 g/mol. The van der Waals surface area contributed by atoms with Crippen molar-refractivity contribution >= 4 is 27.5 Å². The van der Waals surface area contributed by atoms with Gasteiger partial charge in [-0.1, -0.05) is 0 Å². The quantitative estimate of drug-likeness (QED) is 0.904. The van der Waals surface area contributed by atoms with E-state index in [0.717, 1.165) is 18.5 Å². The van der Waals surface area contributed by atoms with Gasteiger partial charge in [-0.3, -0.25) is 4.79 Å². The molecule has 132 valence electrons. The largest absolute Gasteiger partial charge is 0.459 e. The Bertz CT molecular complexity index is 914. The number of aryl methyl sites for hydroxylation is 1. The highest BCUT2D eigenvalue weighted by atomic mass is 32.2. The number of hydrogen-bond acceptors (Lipinski definition) is 4. The van der Waals surface area contributed by atoms with E-state index >= 15 is 0 Å². The highest BCUT2D eigenvalue weighted by Crippen LogP contribution is 2.20. The van der Waals surface area contributed by atoms with E-state index < -0.39 is 10.0 Å². The number of nitrogens with zero attached hydrogens (tertiary/aromatic N) is 2. The van der Waals surface area contributed by atoms with Gasteiger partial charge in [0, 0.05) is 31.3 Å². The zero-order valence-corrected chi connectivity index (χ0v) is 14.8. The van der Waals surface area contributed by atoms with E-state index in [2.05, 4.69) is 9.71 Å². The van der Waals surface area contributed by atoms with Gasteiger partial charge < -0.3 is 14.6 Å². The van der Waals surface area contributed by atoms with Crippen molar-refractivity contribution in [2.75, 3.05) is 18.9 Å². The fourth-order valence-electron chi connectivity index (χ4n) is 2.60. The van der Waals surface area contributed by atoms with Gasteiger partial charge in [0.25, 0.3) is 15.9 Å². The smallest absolute Gasteiger partial charge is 0.291 e. The number of rotatable bonds is 4. The zero-order valence-electron chi connectivity index (χ0n) is 14.0. The molecule has 0 radical (unpaired) electrons. The van der Waals surface area contributed by atoms with Crippen molar-refractivity contribution in [3.05, 3.63) is 47.9 Å². The Morgan fingerprint density at radius 1 is 1.24 bits per heavy atom. The predicted octanol–water partition coefficient (Wildman–Crippen LogP) is 2.65. The molecule has 25 heavy (non-hydrogen) atoms. The molecular formula is C17H19N3O4S. The summed E-state index contributed by atoms with van der Waals surface area (Å²) in [5.41, 5.74) is 1.21. The summed E-state index contributed by atoms with van der Waals surface area (Å²) in [6.07, 6.45) is 3.01. The average Bonchev–Trinajstić information content (AvgIpc) is 3.16. The topological polar surface area (TPSA) is 92.0 Å². The van der Waals surface area contributed by atoms with Crippen LogP contribution in [0.1, 0.15) is 29.0 Å². The fraction of sp³-hybridized carbons (Fsp3) is 0.294. The van der Waals surface area contributed by atoms with Crippen molar-refractivity contribution in [2.45, 2.75) is 24.7 Å². The van der Waals surface area contributed by atoms with Crippen LogP contribution in [-0.4, -0.2) is 38.7 Å². The molecule has 1 N–H and O–H groups in total. The summed E-state index contributed by atoms with van der Waals surface area (Å²) in [7, 11) is -1.93. The van der Waals surface area contributed by atoms with Crippen LogP contribution in [-0.2, 0) is 10.0 Å². The number of anilines is 1. The molecule has 1 fully saturated rings. The molecule has 0 saturated carbocycles. The minimum Gasteiger partial charge on any atom is -0.459 e. The maximum Gasteiger partial charge on any atom is 0.291 e. The Labute approximate surface area is 146 Å². The van der Waals surface area contributed by atoms with Crippen LogP contribution in [0.3, 0.4) is 0 Å². The summed E-state index contributed by atoms with van der Waals surface area (Å²) in [5.74, 6) is 0.420. The first-order valence-corrected chi connectivity index (χ1v) is 9.31. The van der Waals surface area contributed by atoms with Gasteiger partial charge in [-0.05, 0) is 43.7 Å². The van der Waals surface area contributed by atoms with Crippen LogP contribution in [0.2, 0.25) is 0 Å². The Kier molecular flexibility index (Phi) is 4.63. The molecule has 0 atom stereocenters. The van der Waals surface area contributed by atoms with E-state index in [4.69, 9.17) is 4.42 Å². The molecule has 1 aliphatic rings. The molecule has 1 aromatic heterocycles. The third kappa shape index (κ3) is 3.74. The highest BCUT2D eigenvalue weighted by molar-refractivity contribution is 7.90. The first-order chi connectivity index (χ1) is 11.9. The Morgan fingerprint density at radius 2 is 1.96 bits per heavy atom. The van der Waals surface area contributed by atoms with Crippen LogP contribution in [0, 0.1) is 6.92 Å². The van der Waals surface area contributed by atoms with Crippen molar-refractivity contribution in [1.29, 1.82) is 0 Å². The summed E-state index contributed by atoms with van der Waals surface area (Å²) in [6.45, 7) is 2.58. The van der Waals surface area contributed by atoms with Crippen LogP contribution in [0.4, 0.5) is 5.69 Å². The second kappa shape index (κ2) is 6.72. The highest BCUT2D eigenvalue weighted by Gasteiger charge is 2.20. The fourth-order valence-corrected chi connectivity index (χ4v) is 3.70. The van der Waals surface area contributed by atoms with Gasteiger partial charge in [0.1, 0.15) is 5.84 Å². The van der Waals surface area contributed by atoms with E-state index in [1.807, 2.05) is 11.9 Å². The van der Waals surface area contributed by atoms with Gasteiger partial charge in [-0.15, -0.1) is 4.40 Å². The molecule has 1 aliphatic heterocycles. The van der Waals surface area contributed by atoms with Gasteiger partial charge in [-0.2, -0.15) is 8.42 Å². The molecule has 1 aromatic carbocycles. The standard InChI is InChI=1S/C17H19N3O4S/c1-12-9-11-24-16(12)17(21)18-13-5-7-14(8-6-13)25(22,23)19-15-4-3-10-20(15)2/h5-9,11H,3-4,10H2,1-2H3,(H,18,21)/b19-15-. The molecule has 7 nitrogen and oxygen atoms in total. The lowest BCUT2D eigenvalue weighted by atomic mass is 10.2. The number of carbonyl (C=O) groups excluding carboxylic acids is 1. The lowest BCUT2D eigenvalue weighted by Crippen LogP contribution is -2.20. The minimum absolute atomic E-state index is 0.0903. The molecule has 1 saturated heterocycles. The SMILES string of the molecule is Cc1ccoc1C(=O)Nc1ccc(S(=O)(=O)/N=C2/CCCN2C)cc1. The normalized spacial score (nSPS) is 16.4. The van der Waals surface area contributed by atoms with E-state index in [1.165, 1.54) is 30.5 Å². The number of hydrogen-bond donors (Lipinski definition) is 1. The van der Waals surface area contributed by atoms with Gasteiger partial charge in [0.05, 0.1) is 11.2 Å². The molecule has 1 amide bonds. The van der Waals surface area contributed by atoms with Crippen LogP contribution >= 0.6 is 0 Å². The Morgan fingerprint density at radius 3 is 2.52 bits per heavy atom. The van der Waals surface area contributed by atoms with Gasteiger partial charge in [0.15, 0.2) is 5.76 Å². The third-order valence-corrected chi connectivity index (χ3v) is 5.36. The molecule has 2 aromatic rings. The minimum atomic E-state index is -3.76. The van der Waals surface area contributed by atoms with E-state index in [1.54, 1.807) is 13.0 Å². The number of carbonyl (C=O) groups is 1. The average molecular weight is 361 g/mol. The molecule has 0 bridgehead atoms. The van der Waals surface area contributed by atoms with E-state index in [9.17, 15) is 13.2 Å². The Hall–Kier alpha value is -2.61. The van der Waals surface area contributed by atoms with Gasteiger partial charge in [0.2, 0.25) is 0 Å². The van der Waals surface area contributed by atoms with E-state index in [0.29, 0.717) is 17.9 Å². The van der Waals surface area contributed by atoms with E-state index in [-0.39, 0.29) is 16.6 Å². The Balaban J connectivity index is 1.76. The third-order valence-electron chi connectivity index (χ3n) is 4.04. The van der Waals surface area contributed by atoms with Crippen LogP contribution < -0.4 is 5.32 Å². The number of amides is 1. The van der Waals surface area contributed by atoms with Crippen molar-refractivity contribution in [3.8, 4) is 0 Å². The molecule has 8 heteroatoms. The zero-order chi connectivity index (χ0) is 18.0. The summed E-state index contributed by atoms with van der Waals surface area (Å²) in [6, 6.07) is 7.62. The van der Waals surface area contributed by atoms with Crippen molar-refractivity contribution in [1.82, 2.24) is 4.90 Å². The monoisotopic (exact) mass is 361 g/mol. The van der Waals surface area contributed by atoms with Crippen molar-refractivity contribution in [3.63, 3.8) is 0 Å². The number of likely N-dealkylation sites (tertiary alicyclic amines) is 1. The number of benzene rings is 1. The number of nitrogens with one attached hydrogen (secondary N) is 1. The van der Waals surface area contributed by atoms with Crippen LogP contribution in [0.15, 0.2) is 50.3 Å². The second-order valence-electron chi connectivity index (χ2n) is 5.92. The summed E-state index contributed by atoms with van der Waals surface area (Å²) in [4.78, 5) is 14.0. The summed E-state index contributed by atoms with van der Waals surface area (Å²) < 4.78 is 33.8. The maximum absolute atomic E-state index is 12.4. The first-order valence-electron chi connectivity index (χ1n) is 7.87. The van der Waals surface area contributed by atoms with Crippen LogP contribution in [0.25, 0.3) is 0 Å².